The summed E-state index contributed by atoms with van der Waals surface area (Å²) < 4.78 is 5.76. The van der Waals surface area contributed by atoms with E-state index in [9.17, 15) is 9.59 Å². The van der Waals surface area contributed by atoms with Gasteiger partial charge in [0.15, 0.2) is 5.78 Å². The van der Waals surface area contributed by atoms with E-state index in [4.69, 9.17) is 4.74 Å². The lowest BCUT2D eigenvalue weighted by molar-refractivity contribution is 0.101. The second-order valence-corrected chi connectivity index (χ2v) is 6.29. The topological polar surface area (TPSA) is 55.4 Å². The number of carbonyl (C=O) groups is 2. The molecule has 0 saturated carbocycles. The van der Waals surface area contributed by atoms with Crippen LogP contribution in [0.5, 0.6) is 5.75 Å². The molecule has 0 unspecified atom stereocenters. The predicted octanol–water partition coefficient (Wildman–Crippen LogP) is 4.48. The van der Waals surface area contributed by atoms with Crippen molar-refractivity contribution in [2.45, 2.75) is 27.7 Å². The van der Waals surface area contributed by atoms with Crippen LogP contribution in [0.25, 0.3) is 0 Å². The number of Topliss-reactive ketones (excluding diaryl/α,β-unsaturated/α-hetero) is 1. The smallest absolute Gasteiger partial charge is 0.255 e. The van der Waals surface area contributed by atoms with Crippen LogP contribution in [0.1, 0.15) is 47.1 Å². The van der Waals surface area contributed by atoms with Crippen molar-refractivity contribution in [3.8, 4) is 5.75 Å². The van der Waals surface area contributed by atoms with Crippen molar-refractivity contribution in [3.63, 3.8) is 0 Å². The molecule has 0 radical (unpaired) electrons. The van der Waals surface area contributed by atoms with Gasteiger partial charge in [0.25, 0.3) is 5.91 Å². The number of benzene rings is 2. The minimum Gasteiger partial charge on any atom is -0.491 e. The zero-order chi connectivity index (χ0) is 17.7. The van der Waals surface area contributed by atoms with E-state index in [-0.39, 0.29) is 11.7 Å². The molecule has 4 nitrogen and oxygen atoms in total. The van der Waals surface area contributed by atoms with E-state index in [0.717, 1.165) is 5.56 Å². The monoisotopic (exact) mass is 325 g/mol. The summed E-state index contributed by atoms with van der Waals surface area (Å²) in [7, 11) is 0. The third-order valence-electron chi connectivity index (χ3n) is 3.52. The minimum atomic E-state index is -0.231. The average Bonchev–Trinajstić information content (AvgIpc) is 2.53. The molecule has 0 aliphatic rings. The molecule has 0 spiro atoms. The molecular weight excluding hydrogens is 302 g/mol. The number of hydrogen-bond donors (Lipinski definition) is 1. The Hall–Kier alpha value is -2.62. The Morgan fingerprint density at radius 2 is 1.67 bits per heavy atom. The highest BCUT2D eigenvalue weighted by molar-refractivity contribution is 6.06. The van der Waals surface area contributed by atoms with Crippen molar-refractivity contribution >= 4 is 17.4 Å². The molecule has 0 saturated heterocycles. The van der Waals surface area contributed by atoms with Gasteiger partial charge in [0, 0.05) is 11.1 Å². The zero-order valence-corrected chi connectivity index (χ0v) is 14.6. The second kappa shape index (κ2) is 7.77. The Labute approximate surface area is 142 Å². The number of anilines is 1. The Morgan fingerprint density at radius 1 is 1.04 bits per heavy atom. The van der Waals surface area contributed by atoms with Gasteiger partial charge in [-0.05, 0) is 50.1 Å². The van der Waals surface area contributed by atoms with Gasteiger partial charge in [-0.15, -0.1) is 0 Å². The number of hydrogen-bond acceptors (Lipinski definition) is 3. The molecule has 126 valence electrons. The van der Waals surface area contributed by atoms with Crippen LogP contribution in [-0.4, -0.2) is 18.3 Å². The molecule has 0 fully saturated rings. The summed E-state index contributed by atoms with van der Waals surface area (Å²) in [5.74, 6) is 0.633. The van der Waals surface area contributed by atoms with Gasteiger partial charge in [0.1, 0.15) is 5.75 Å². The van der Waals surface area contributed by atoms with Crippen LogP contribution >= 0.6 is 0 Å². The lowest BCUT2D eigenvalue weighted by atomic mass is 10.1. The van der Waals surface area contributed by atoms with Crippen LogP contribution < -0.4 is 10.1 Å². The fourth-order valence-electron chi connectivity index (χ4n) is 2.13. The molecule has 2 aromatic carbocycles. The summed E-state index contributed by atoms with van der Waals surface area (Å²) in [4.78, 5) is 24.1. The standard InChI is InChI=1S/C20H23NO3/c1-13(2)12-24-19-10-9-17(15(4)22)11-18(19)21-20(23)16-7-5-14(3)6-8-16/h5-11,13H,12H2,1-4H3,(H,21,23). The Morgan fingerprint density at radius 3 is 2.25 bits per heavy atom. The maximum Gasteiger partial charge on any atom is 0.255 e. The van der Waals surface area contributed by atoms with Gasteiger partial charge in [0.05, 0.1) is 12.3 Å². The van der Waals surface area contributed by atoms with Crippen LogP contribution in [0.15, 0.2) is 42.5 Å². The number of rotatable bonds is 6. The maximum absolute atomic E-state index is 12.4. The van der Waals surface area contributed by atoms with Crippen LogP contribution in [0.3, 0.4) is 0 Å². The fourth-order valence-corrected chi connectivity index (χ4v) is 2.13. The minimum absolute atomic E-state index is 0.0590. The van der Waals surface area contributed by atoms with Crippen LogP contribution in [0, 0.1) is 12.8 Å². The van der Waals surface area contributed by atoms with Crippen LogP contribution in [-0.2, 0) is 0 Å². The van der Waals surface area contributed by atoms with E-state index < -0.39 is 0 Å². The highest BCUT2D eigenvalue weighted by atomic mass is 16.5. The first-order chi connectivity index (χ1) is 11.4. The highest BCUT2D eigenvalue weighted by Crippen LogP contribution is 2.27. The van der Waals surface area contributed by atoms with Gasteiger partial charge in [0.2, 0.25) is 0 Å². The molecular formula is C20H23NO3. The van der Waals surface area contributed by atoms with Crippen molar-refractivity contribution in [1.29, 1.82) is 0 Å². The SMILES string of the molecule is CC(=O)c1ccc(OCC(C)C)c(NC(=O)c2ccc(C)cc2)c1. The summed E-state index contributed by atoms with van der Waals surface area (Å²) >= 11 is 0. The number of ketones is 1. The summed E-state index contributed by atoms with van der Waals surface area (Å²) in [6.45, 7) is 8.10. The van der Waals surface area contributed by atoms with Gasteiger partial charge in [-0.1, -0.05) is 31.5 Å². The van der Waals surface area contributed by atoms with Gasteiger partial charge < -0.3 is 10.1 Å². The van der Waals surface area contributed by atoms with Crippen LogP contribution in [0.2, 0.25) is 0 Å². The molecule has 4 heteroatoms. The zero-order valence-electron chi connectivity index (χ0n) is 14.6. The highest BCUT2D eigenvalue weighted by Gasteiger charge is 2.13. The molecule has 0 aliphatic heterocycles. The van der Waals surface area contributed by atoms with Crippen molar-refractivity contribution < 1.29 is 14.3 Å². The number of ether oxygens (including phenoxy) is 1. The molecule has 24 heavy (non-hydrogen) atoms. The van der Waals surface area contributed by atoms with E-state index >= 15 is 0 Å². The quantitative estimate of drug-likeness (QED) is 0.796. The third-order valence-corrected chi connectivity index (χ3v) is 3.52. The molecule has 0 heterocycles. The Bertz CT molecular complexity index is 733. The van der Waals surface area contributed by atoms with Gasteiger partial charge in [-0.25, -0.2) is 0 Å². The van der Waals surface area contributed by atoms with Gasteiger partial charge in [-0.3, -0.25) is 9.59 Å². The molecule has 0 aromatic heterocycles. The molecule has 1 amide bonds. The molecule has 2 aromatic rings. The predicted molar refractivity (Wildman–Crippen MR) is 95.9 cm³/mol. The maximum atomic E-state index is 12.4. The van der Waals surface area contributed by atoms with E-state index in [0.29, 0.717) is 35.1 Å². The summed E-state index contributed by atoms with van der Waals surface area (Å²) in [5, 5.41) is 2.85. The number of aryl methyl sites for hydroxylation is 1. The lowest BCUT2D eigenvalue weighted by Gasteiger charge is -2.15. The van der Waals surface area contributed by atoms with E-state index in [1.807, 2.05) is 19.1 Å². The van der Waals surface area contributed by atoms with Crippen LogP contribution in [0.4, 0.5) is 5.69 Å². The van der Waals surface area contributed by atoms with Crippen molar-refractivity contribution in [2.24, 2.45) is 5.92 Å². The Balaban J connectivity index is 2.27. The number of carbonyl (C=O) groups excluding carboxylic acids is 2. The Kier molecular flexibility index (Phi) is 5.74. The van der Waals surface area contributed by atoms with Crippen molar-refractivity contribution in [1.82, 2.24) is 0 Å². The molecule has 0 aliphatic carbocycles. The lowest BCUT2D eigenvalue weighted by Crippen LogP contribution is -2.14. The molecule has 2 rings (SSSR count). The molecule has 0 atom stereocenters. The second-order valence-electron chi connectivity index (χ2n) is 6.29. The van der Waals surface area contributed by atoms with Crippen molar-refractivity contribution in [3.05, 3.63) is 59.2 Å². The summed E-state index contributed by atoms with van der Waals surface area (Å²) in [6.07, 6.45) is 0. The summed E-state index contributed by atoms with van der Waals surface area (Å²) in [5.41, 5.74) is 2.69. The third kappa shape index (κ3) is 4.69. The average molecular weight is 325 g/mol. The van der Waals surface area contributed by atoms with E-state index in [1.54, 1.807) is 30.3 Å². The van der Waals surface area contributed by atoms with E-state index in [2.05, 4.69) is 19.2 Å². The first kappa shape index (κ1) is 17.7. The normalized spacial score (nSPS) is 10.5. The summed E-state index contributed by atoms with van der Waals surface area (Å²) in [6, 6.07) is 12.4. The first-order valence-electron chi connectivity index (χ1n) is 8.02. The molecule has 0 bridgehead atoms. The molecule has 1 N–H and O–H groups in total. The van der Waals surface area contributed by atoms with Gasteiger partial charge >= 0.3 is 0 Å². The van der Waals surface area contributed by atoms with E-state index in [1.165, 1.54) is 6.92 Å². The van der Waals surface area contributed by atoms with Gasteiger partial charge in [-0.2, -0.15) is 0 Å². The number of nitrogens with one attached hydrogen (secondary N) is 1. The number of amides is 1. The first-order valence-corrected chi connectivity index (χ1v) is 8.02. The fraction of sp³-hybridized carbons (Fsp3) is 0.300. The van der Waals surface area contributed by atoms with Crippen molar-refractivity contribution in [2.75, 3.05) is 11.9 Å². The largest absolute Gasteiger partial charge is 0.491 e.